The molecule has 0 saturated carbocycles. The van der Waals surface area contributed by atoms with Gasteiger partial charge in [-0.1, -0.05) is 41.9 Å². The Bertz CT molecular complexity index is 1120. The average molecular weight is 501 g/mol. The minimum Gasteiger partial charge on any atom is -0.462 e. The van der Waals surface area contributed by atoms with E-state index in [1.54, 1.807) is 19.1 Å². The molecule has 2 heterocycles. The topological polar surface area (TPSA) is 58.6 Å². The van der Waals surface area contributed by atoms with Crippen molar-refractivity contribution < 1.29 is 14.3 Å². The third-order valence-corrected chi connectivity index (χ3v) is 7.70. The van der Waals surface area contributed by atoms with E-state index < -0.39 is 0 Å². The van der Waals surface area contributed by atoms with E-state index in [0.29, 0.717) is 22.2 Å². The summed E-state index contributed by atoms with van der Waals surface area (Å²) in [6.07, 6.45) is 0.752. The fraction of sp³-hybridized carbons (Fsp3) is 0.280. The fourth-order valence-electron chi connectivity index (χ4n) is 3.78. The van der Waals surface area contributed by atoms with E-state index in [0.717, 1.165) is 41.4 Å². The third-order valence-electron chi connectivity index (χ3n) is 5.30. The predicted molar refractivity (Wildman–Crippen MR) is 135 cm³/mol. The molecule has 0 radical (unpaired) electrons. The Kier molecular flexibility index (Phi) is 8.09. The minimum absolute atomic E-state index is 0.153. The number of carbonyl (C=O) groups excluding carboxylic acids is 2. The van der Waals surface area contributed by atoms with Crippen molar-refractivity contribution in [2.45, 2.75) is 31.3 Å². The number of rotatable bonds is 8. The van der Waals surface area contributed by atoms with E-state index >= 15 is 0 Å². The number of hydrogen-bond acceptors (Lipinski definition) is 6. The van der Waals surface area contributed by atoms with Crippen molar-refractivity contribution >= 4 is 51.6 Å². The highest BCUT2D eigenvalue weighted by atomic mass is 35.5. The second kappa shape index (κ2) is 11.2. The van der Waals surface area contributed by atoms with E-state index in [1.807, 2.05) is 30.3 Å². The molecule has 4 rings (SSSR count). The van der Waals surface area contributed by atoms with Crippen LogP contribution in [0.15, 0.2) is 59.5 Å². The molecule has 0 bridgehead atoms. The Labute approximate surface area is 207 Å². The maximum absolute atomic E-state index is 12.8. The smallest absolute Gasteiger partial charge is 0.341 e. The Balaban J connectivity index is 1.48. The lowest BCUT2D eigenvalue weighted by Crippen LogP contribution is -2.30. The number of nitrogens with one attached hydrogen (secondary N) is 1. The van der Waals surface area contributed by atoms with Gasteiger partial charge in [0.2, 0.25) is 5.91 Å². The van der Waals surface area contributed by atoms with Crippen molar-refractivity contribution in [1.82, 2.24) is 4.90 Å². The molecular formula is C25H25ClN2O3S2. The van der Waals surface area contributed by atoms with Crippen molar-refractivity contribution in [3.63, 3.8) is 0 Å². The van der Waals surface area contributed by atoms with Crippen LogP contribution in [0.1, 0.15) is 33.3 Å². The van der Waals surface area contributed by atoms with Gasteiger partial charge in [-0.15, -0.1) is 23.1 Å². The maximum atomic E-state index is 12.8. The highest BCUT2D eigenvalue weighted by Gasteiger charge is 2.29. The van der Waals surface area contributed by atoms with Crippen LogP contribution in [0.3, 0.4) is 0 Å². The van der Waals surface area contributed by atoms with Crippen LogP contribution in [0.5, 0.6) is 0 Å². The summed E-state index contributed by atoms with van der Waals surface area (Å²) in [5, 5.41) is 4.21. The monoisotopic (exact) mass is 500 g/mol. The molecule has 0 fully saturated rings. The van der Waals surface area contributed by atoms with Crippen LogP contribution >= 0.6 is 34.7 Å². The van der Waals surface area contributed by atoms with Crippen LogP contribution in [0.2, 0.25) is 5.02 Å². The molecule has 0 spiro atoms. The largest absolute Gasteiger partial charge is 0.462 e. The number of nitrogens with zero attached hydrogens (tertiary/aromatic N) is 1. The number of halogens is 1. The highest BCUT2D eigenvalue weighted by Crippen LogP contribution is 2.38. The number of esters is 1. The van der Waals surface area contributed by atoms with Crippen LogP contribution in [0, 0.1) is 0 Å². The summed E-state index contributed by atoms with van der Waals surface area (Å²) in [5.74, 6) is -0.278. The molecule has 3 aromatic rings. The number of benzene rings is 2. The van der Waals surface area contributed by atoms with Crippen molar-refractivity contribution in [3.8, 4) is 0 Å². The Morgan fingerprint density at radius 1 is 1.15 bits per heavy atom. The molecule has 5 nitrogen and oxygen atoms in total. The van der Waals surface area contributed by atoms with Gasteiger partial charge in [0.1, 0.15) is 5.00 Å². The number of thiophene rings is 1. The third kappa shape index (κ3) is 6.18. The molecule has 1 aromatic heterocycles. The molecule has 33 heavy (non-hydrogen) atoms. The summed E-state index contributed by atoms with van der Waals surface area (Å²) in [7, 11) is 0. The van der Waals surface area contributed by atoms with Gasteiger partial charge in [0.05, 0.1) is 17.9 Å². The first-order valence-corrected chi connectivity index (χ1v) is 13.0. The average Bonchev–Trinajstić information content (AvgIpc) is 3.16. The fourth-order valence-corrected chi connectivity index (χ4v) is 5.90. The molecule has 8 heteroatoms. The van der Waals surface area contributed by atoms with E-state index in [9.17, 15) is 9.59 Å². The lowest BCUT2D eigenvalue weighted by molar-refractivity contribution is -0.113. The van der Waals surface area contributed by atoms with Gasteiger partial charge in [-0.3, -0.25) is 9.69 Å². The second-order valence-electron chi connectivity index (χ2n) is 7.67. The number of hydrogen-bond donors (Lipinski definition) is 1. The van der Waals surface area contributed by atoms with Gasteiger partial charge in [-0.25, -0.2) is 4.79 Å². The lowest BCUT2D eigenvalue weighted by Gasteiger charge is -2.27. The van der Waals surface area contributed by atoms with Crippen LogP contribution in [0.4, 0.5) is 5.00 Å². The summed E-state index contributed by atoms with van der Waals surface area (Å²) in [4.78, 5) is 29.9. The Hall–Kier alpha value is -2.32. The first-order valence-electron chi connectivity index (χ1n) is 10.8. The number of anilines is 1. The molecule has 1 aliphatic rings. The van der Waals surface area contributed by atoms with E-state index in [4.69, 9.17) is 16.3 Å². The summed E-state index contributed by atoms with van der Waals surface area (Å²) in [6, 6.07) is 17.7. The number of fused-ring (bicyclic) bond motifs is 1. The molecule has 172 valence electrons. The normalized spacial score (nSPS) is 13.4. The zero-order valence-electron chi connectivity index (χ0n) is 18.3. The summed E-state index contributed by atoms with van der Waals surface area (Å²) >= 11 is 8.83. The van der Waals surface area contributed by atoms with E-state index in [1.165, 1.54) is 28.7 Å². The number of amides is 1. The summed E-state index contributed by atoms with van der Waals surface area (Å²) in [6.45, 7) is 4.54. The van der Waals surface area contributed by atoms with Gasteiger partial charge >= 0.3 is 5.97 Å². The first-order chi connectivity index (χ1) is 16.0. The zero-order valence-corrected chi connectivity index (χ0v) is 20.7. The molecule has 1 aliphatic heterocycles. The molecule has 2 aromatic carbocycles. The van der Waals surface area contributed by atoms with Crippen molar-refractivity contribution in [3.05, 3.63) is 81.2 Å². The highest BCUT2D eigenvalue weighted by molar-refractivity contribution is 8.00. The van der Waals surface area contributed by atoms with Crippen molar-refractivity contribution in [2.24, 2.45) is 0 Å². The quantitative estimate of drug-likeness (QED) is 0.310. The van der Waals surface area contributed by atoms with Crippen molar-refractivity contribution in [1.29, 1.82) is 0 Å². The molecule has 1 amide bonds. The molecule has 1 N–H and O–H groups in total. The maximum Gasteiger partial charge on any atom is 0.341 e. The molecule has 0 unspecified atom stereocenters. The number of thioether (sulfide) groups is 1. The van der Waals surface area contributed by atoms with Crippen LogP contribution in [0.25, 0.3) is 0 Å². The number of ether oxygens (including phenoxy) is 1. The summed E-state index contributed by atoms with van der Waals surface area (Å²) in [5.41, 5.74) is 2.78. The Morgan fingerprint density at radius 3 is 2.64 bits per heavy atom. The molecule has 0 saturated heterocycles. The van der Waals surface area contributed by atoms with Crippen LogP contribution in [-0.4, -0.2) is 35.7 Å². The van der Waals surface area contributed by atoms with Gasteiger partial charge in [-0.05, 0) is 48.7 Å². The van der Waals surface area contributed by atoms with Gasteiger partial charge in [0.25, 0.3) is 0 Å². The van der Waals surface area contributed by atoms with Crippen LogP contribution < -0.4 is 5.32 Å². The minimum atomic E-state index is -0.368. The molecule has 0 aliphatic carbocycles. The number of carbonyl (C=O) groups is 2. The van der Waals surface area contributed by atoms with Crippen LogP contribution in [-0.2, 0) is 29.0 Å². The zero-order chi connectivity index (χ0) is 23.2. The Morgan fingerprint density at radius 2 is 1.91 bits per heavy atom. The van der Waals surface area contributed by atoms with E-state index in [2.05, 4.69) is 22.3 Å². The van der Waals surface area contributed by atoms with Gasteiger partial charge in [-0.2, -0.15) is 0 Å². The van der Waals surface area contributed by atoms with E-state index in [-0.39, 0.29) is 17.6 Å². The lowest BCUT2D eigenvalue weighted by atomic mass is 10.0. The predicted octanol–water partition coefficient (Wildman–Crippen LogP) is 5.87. The standard InChI is InChI=1S/C25H25ClN2O3S2/c1-2-31-25(30)23-20-12-13-28(14-17-6-4-3-5-7-17)15-21(20)33-24(23)27-22(29)16-32-19-10-8-18(26)9-11-19/h3-11H,2,12-16H2,1H3,(H,27,29). The molecular weight excluding hydrogens is 476 g/mol. The van der Waals surface area contributed by atoms with Gasteiger partial charge in [0, 0.05) is 34.4 Å². The SMILES string of the molecule is CCOC(=O)c1c(NC(=O)CSc2ccc(Cl)cc2)sc2c1CCN(Cc1ccccc1)C2. The summed E-state index contributed by atoms with van der Waals surface area (Å²) < 4.78 is 5.32. The van der Waals surface area contributed by atoms with Crippen molar-refractivity contribution in [2.75, 3.05) is 24.2 Å². The first kappa shape index (κ1) is 23.8. The van der Waals surface area contributed by atoms with Gasteiger partial charge < -0.3 is 10.1 Å². The van der Waals surface area contributed by atoms with Gasteiger partial charge in [0.15, 0.2) is 0 Å². The second-order valence-corrected chi connectivity index (χ2v) is 10.3. The molecule has 0 atom stereocenters.